The minimum Gasteiger partial charge on any atom is -0.479 e. The number of piperidine rings is 1. The molecule has 37 heavy (non-hydrogen) atoms. The first-order valence-corrected chi connectivity index (χ1v) is 12.3. The van der Waals surface area contributed by atoms with Crippen molar-refractivity contribution in [2.75, 3.05) is 18.4 Å². The molecule has 192 valence electrons. The van der Waals surface area contributed by atoms with E-state index in [0.717, 1.165) is 18.4 Å². The average Bonchev–Trinajstić information content (AvgIpc) is 2.93. The molecule has 0 unspecified atom stereocenters. The molecule has 0 radical (unpaired) electrons. The number of benzene rings is 3. The number of amides is 2. The minimum absolute atomic E-state index is 0.111. The number of nitrogens with zero attached hydrogens (tertiary/aromatic N) is 1. The Morgan fingerprint density at radius 1 is 0.946 bits per heavy atom. The number of nitrogens with two attached hydrogens (primary N) is 1. The summed E-state index contributed by atoms with van der Waals surface area (Å²) >= 11 is 0. The fourth-order valence-corrected chi connectivity index (χ4v) is 4.76. The largest absolute Gasteiger partial charge is 0.479 e. The Balaban J connectivity index is 1.39. The van der Waals surface area contributed by atoms with Crippen LogP contribution >= 0.6 is 0 Å². The molecule has 8 nitrogen and oxygen atoms in total. The number of carbonyl (C=O) groups is 3. The molecule has 4 rings (SSSR count). The predicted octanol–water partition coefficient (Wildman–Crippen LogP) is 3.47. The van der Waals surface area contributed by atoms with Crippen molar-refractivity contribution in [1.82, 2.24) is 4.90 Å². The number of rotatable bonds is 8. The molecule has 1 saturated heterocycles. The second-order valence-electron chi connectivity index (χ2n) is 9.35. The van der Waals surface area contributed by atoms with Crippen LogP contribution in [0, 0.1) is 0 Å². The van der Waals surface area contributed by atoms with Gasteiger partial charge in [-0.15, -0.1) is 0 Å². The molecule has 0 aromatic heterocycles. The highest BCUT2D eigenvalue weighted by atomic mass is 16.4. The number of likely N-dealkylation sites (tertiary alicyclic amines) is 1. The Kier molecular flexibility index (Phi) is 8.01. The highest BCUT2D eigenvalue weighted by Crippen LogP contribution is 2.30. The molecule has 1 heterocycles. The number of anilines is 1. The summed E-state index contributed by atoms with van der Waals surface area (Å²) in [4.78, 5) is 39.4. The Hall–Kier alpha value is -4.01. The number of carboxylic acid groups (broad SMARTS) is 1. The van der Waals surface area contributed by atoms with Gasteiger partial charge in [-0.25, -0.2) is 4.79 Å². The van der Waals surface area contributed by atoms with Crippen LogP contribution in [0.3, 0.4) is 0 Å². The summed E-state index contributed by atoms with van der Waals surface area (Å²) in [6, 6.07) is 22.6. The monoisotopic (exact) mass is 501 g/mol. The van der Waals surface area contributed by atoms with Crippen LogP contribution in [-0.2, 0) is 21.7 Å². The number of carbonyl (C=O) groups excluding carboxylic acids is 2. The molecule has 0 spiro atoms. The fraction of sp³-hybridized carbons (Fsp3) is 0.276. The van der Waals surface area contributed by atoms with Crippen LogP contribution in [-0.4, -0.2) is 46.0 Å². The quantitative estimate of drug-likeness (QED) is 0.374. The second-order valence-corrected chi connectivity index (χ2v) is 9.35. The van der Waals surface area contributed by atoms with Crippen molar-refractivity contribution in [1.29, 1.82) is 0 Å². The number of aliphatic carboxylic acids is 1. The first-order chi connectivity index (χ1) is 17.8. The van der Waals surface area contributed by atoms with Gasteiger partial charge in [0.25, 0.3) is 5.91 Å². The van der Waals surface area contributed by atoms with E-state index in [4.69, 9.17) is 5.73 Å². The zero-order valence-electron chi connectivity index (χ0n) is 20.5. The first-order valence-electron chi connectivity index (χ1n) is 12.3. The Bertz CT molecular complexity index is 1270. The lowest BCUT2D eigenvalue weighted by Crippen LogP contribution is -2.39. The lowest BCUT2D eigenvalue weighted by atomic mass is 9.88. The van der Waals surface area contributed by atoms with Crippen molar-refractivity contribution in [2.45, 2.75) is 37.3 Å². The van der Waals surface area contributed by atoms with Gasteiger partial charge in [-0.05, 0) is 53.6 Å². The summed E-state index contributed by atoms with van der Waals surface area (Å²) in [5, 5.41) is 22.9. The summed E-state index contributed by atoms with van der Waals surface area (Å²) in [7, 11) is 0. The van der Waals surface area contributed by atoms with Crippen LogP contribution in [0.15, 0.2) is 78.9 Å². The molecule has 8 heteroatoms. The topological polar surface area (TPSA) is 133 Å². The van der Waals surface area contributed by atoms with Gasteiger partial charge >= 0.3 is 5.97 Å². The van der Waals surface area contributed by atoms with E-state index in [1.807, 2.05) is 17.0 Å². The summed E-state index contributed by atoms with van der Waals surface area (Å²) in [6.07, 6.45) is 1.02. The third kappa shape index (κ3) is 6.04. The van der Waals surface area contributed by atoms with Gasteiger partial charge in [0.2, 0.25) is 5.91 Å². The number of aliphatic hydroxyl groups is 1. The van der Waals surface area contributed by atoms with Gasteiger partial charge in [-0.1, -0.05) is 60.7 Å². The van der Waals surface area contributed by atoms with Crippen molar-refractivity contribution >= 4 is 23.5 Å². The van der Waals surface area contributed by atoms with Gasteiger partial charge in [0.15, 0.2) is 5.60 Å². The summed E-state index contributed by atoms with van der Waals surface area (Å²) in [6.45, 7) is 1.74. The molecule has 2 amide bonds. The maximum absolute atomic E-state index is 13.2. The van der Waals surface area contributed by atoms with E-state index >= 15 is 0 Å². The molecule has 1 fully saturated rings. The second kappa shape index (κ2) is 11.4. The predicted molar refractivity (Wildman–Crippen MR) is 140 cm³/mol. The molecule has 0 saturated carbocycles. The highest BCUT2D eigenvalue weighted by Gasteiger charge is 2.40. The van der Waals surface area contributed by atoms with E-state index in [9.17, 15) is 24.6 Å². The van der Waals surface area contributed by atoms with Crippen LogP contribution in [0.5, 0.6) is 0 Å². The zero-order valence-corrected chi connectivity index (χ0v) is 20.5. The van der Waals surface area contributed by atoms with E-state index in [-0.39, 0.29) is 11.5 Å². The molecular weight excluding hydrogens is 470 g/mol. The molecule has 1 atom stereocenters. The third-order valence-corrected chi connectivity index (χ3v) is 6.86. The normalized spacial score (nSPS) is 15.6. The number of carboxylic acids is 1. The van der Waals surface area contributed by atoms with Crippen LogP contribution in [0.4, 0.5) is 5.69 Å². The van der Waals surface area contributed by atoms with E-state index in [2.05, 4.69) is 17.4 Å². The van der Waals surface area contributed by atoms with Gasteiger partial charge in [-0.2, -0.15) is 0 Å². The molecule has 1 aliphatic rings. The Morgan fingerprint density at radius 2 is 1.65 bits per heavy atom. The summed E-state index contributed by atoms with van der Waals surface area (Å²) in [5.74, 6) is -1.95. The van der Waals surface area contributed by atoms with Crippen molar-refractivity contribution in [3.05, 3.63) is 101 Å². The number of nitrogens with one attached hydrogen (secondary N) is 1. The zero-order chi connectivity index (χ0) is 26.4. The molecular formula is C29H31N3O5. The van der Waals surface area contributed by atoms with Gasteiger partial charge in [0.05, 0.1) is 6.42 Å². The SMILES string of the molecule is NCc1cccc(C2CCN(C(=O)c3cccc(NC(=O)C[C@@](O)(C(=O)O)c4ccccc4)c3)CC2)c1. The first kappa shape index (κ1) is 26.1. The lowest BCUT2D eigenvalue weighted by molar-refractivity contribution is -0.162. The van der Waals surface area contributed by atoms with E-state index in [1.54, 1.807) is 42.5 Å². The van der Waals surface area contributed by atoms with E-state index in [0.29, 0.717) is 36.8 Å². The Morgan fingerprint density at radius 3 is 2.32 bits per heavy atom. The fourth-order valence-electron chi connectivity index (χ4n) is 4.76. The summed E-state index contributed by atoms with van der Waals surface area (Å²) in [5.41, 5.74) is 6.64. The molecule has 3 aromatic rings. The molecule has 5 N–H and O–H groups in total. The smallest absolute Gasteiger partial charge is 0.340 e. The number of hydrogen-bond donors (Lipinski definition) is 4. The third-order valence-electron chi connectivity index (χ3n) is 6.86. The molecule has 0 aliphatic carbocycles. The van der Waals surface area contributed by atoms with Gasteiger partial charge in [-0.3, -0.25) is 9.59 Å². The standard InChI is InChI=1S/C29H31N3O5/c30-19-20-6-4-7-22(16-20)21-12-14-32(15-13-21)27(34)23-8-5-11-25(17-23)31-26(33)18-29(37,28(35)36)24-9-2-1-3-10-24/h1-11,16-17,21,37H,12-15,18-19,30H2,(H,31,33)(H,35,36)/t29-/m0/s1. The maximum atomic E-state index is 13.2. The molecule has 1 aliphatic heterocycles. The molecule has 0 bridgehead atoms. The van der Waals surface area contributed by atoms with Gasteiger partial charge < -0.3 is 26.2 Å². The van der Waals surface area contributed by atoms with Crippen LogP contribution in [0.2, 0.25) is 0 Å². The highest BCUT2D eigenvalue weighted by molar-refractivity contribution is 5.98. The van der Waals surface area contributed by atoms with Crippen molar-refractivity contribution in [2.24, 2.45) is 5.73 Å². The van der Waals surface area contributed by atoms with Crippen molar-refractivity contribution in [3.63, 3.8) is 0 Å². The van der Waals surface area contributed by atoms with E-state index in [1.165, 1.54) is 17.7 Å². The maximum Gasteiger partial charge on any atom is 0.340 e. The number of hydrogen-bond acceptors (Lipinski definition) is 5. The Labute approximate surface area is 215 Å². The van der Waals surface area contributed by atoms with Gasteiger partial charge in [0, 0.05) is 30.9 Å². The van der Waals surface area contributed by atoms with Crippen molar-refractivity contribution < 1.29 is 24.6 Å². The minimum atomic E-state index is -2.37. The van der Waals surface area contributed by atoms with Crippen LogP contribution < -0.4 is 11.1 Å². The molecule has 3 aromatic carbocycles. The van der Waals surface area contributed by atoms with Crippen LogP contribution in [0.1, 0.15) is 52.2 Å². The lowest BCUT2D eigenvalue weighted by Gasteiger charge is -2.32. The van der Waals surface area contributed by atoms with E-state index < -0.39 is 23.9 Å². The summed E-state index contributed by atoms with van der Waals surface area (Å²) < 4.78 is 0. The van der Waals surface area contributed by atoms with Gasteiger partial charge in [0.1, 0.15) is 0 Å². The van der Waals surface area contributed by atoms with Crippen LogP contribution in [0.25, 0.3) is 0 Å². The van der Waals surface area contributed by atoms with Crippen molar-refractivity contribution in [3.8, 4) is 0 Å². The average molecular weight is 502 g/mol.